The van der Waals surface area contributed by atoms with Gasteiger partial charge < -0.3 is 10.6 Å². The Kier molecular flexibility index (Phi) is 6.98. The number of aromatic nitrogens is 5. The molecule has 134 valence electrons. The summed E-state index contributed by atoms with van der Waals surface area (Å²) in [6.45, 7) is 0.288. The van der Waals surface area contributed by atoms with Crippen molar-refractivity contribution in [3.63, 3.8) is 0 Å². The molecule has 0 aromatic carbocycles. The minimum Gasteiger partial charge on any atom is -0.352 e. The van der Waals surface area contributed by atoms with E-state index in [-0.39, 0.29) is 36.1 Å². The number of alkyl halides is 3. The second-order valence-electron chi connectivity index (χ2n) is 4.75. The topological polar surface area (TPSA) is 84.9 Å². The van der Waals surface area contributed by atoms with E-state index in [1.54, 1.807) is 11.7 Å². The molecule has 0 aliphatic carbocycles. The van der Waals surface area contributed by atoms with Gasteiger partial charge in [0.2, 0.25) is 0 Å². The zero-order chi connectivity index (χ0) is 17.0. The molecule has 12 heteroatoms. The van der Waals surface area contributed by atoms with Crippen LogP contribution in [-0.4, -0.2) is 37.6 Å². The third kappa shape index (κ3) is 5.07. The highest BCUT2D eigenvalue weighted by atomic mass is 127. The quantitative estimate of drug-likeness (QED) is 0.407. The molecule has 0 fully saturated rings. The highest BCUT2D eigenvalue weighted by Gasteiger charge is 2.36. The van der Waals surface area contributed by atoms with Crippen LogP contribution in [0, 0.1) is 0 Å². The van der Waals surface area contributed by atoms with Crippen LogP contribution in [-0.2, 0) is 33.4 Å². The van der Waals surface area contributed by atoms with Crippen LogP contribution >= 0.6 is 24.0 Å². The Balaban J connectivity index is 0.00000288. The Morgan fingerprint density at radius 2 is 1.92 bits per heavy atom. The summed E-state index contributed by atoms with van der Waals surface area (Å²) in [4.78, 5) is 7.99. The molecule has 0 saturated heterocycles. The van der Waals surface area contributed by atoms with E-state index in [9.17, 15) is 13.2 Å². The highest BCUT2D eigenvalue weighted by Crippen LogP contribution is 2.30. The first kappa shape index (κ1) is 20.2. The molecule has 2 N–H and O–H groups in total. The summed E-state index contributed by atoms with van der Waals surface area (Å²) in [6, 6.07) is 0. The Hall–Kier alpha value is -1.86. The maximum absolute atomic E-state index is 12.9. The maximum Gasteiger partial charge on any atom is 0.435 e. The van der Waals surface area contributed by atoms with Crippen molar-refractivity contribution in [3.8, 4) is 0 Å². The second kappa shape index (κ2) is 8.30. The summed E-state index contributed by atoms with van der Waals surface area (Å²) < 4.78 is 41.4. The Morgan fingerprint density at radius 3 is 2.46 bits per heavy atom. The van der Waals surface area contributed by atoms with E-state index in [1.807, 2.05) is 0 Å². The summed E-state index contributed by atoms with van der Waals surface area (Å²) in [5.74, 6) is 1.02. The average Bonchev–Trinajstić information content (AvgIpc) is 3.05. The molecular weight excluding hydrogens is 440 g/mol. The van der Waals surface area contributed by atoms with E-state index in [0.29, 0.717) is 18.3 Å². The molecule has 0 amide bonds. The smallest absolute Gasteiger partial charge is 0.352 e. The standard InChI is InChI=1S/C12H17F3N8.HI/c1-16-11(18-5-9-19-7-20-23(9)3)17-4-8-6-22(2)21-10(8)12(13,14)15;/h6-7H,4-5H2,1-3H3,(H2,16,17,18);1H. The number of nitrogens with one attached hydrogen (secondary N) is 2. The van der Waals surface area contributed by atoms with Gasteiger partial charge in [0.1, 0.15) is 12.2 Å². The lowest BCUT2D eigenvalue weighted by atomic mass is 10.2. The van der Waals surface area contributed by atoms with Crippen molar-refractivity contribution < 1.29 is 13.2 Å². The van der Waals surface area contributed by atoms with Crippen LogP contribution in [0.4, 0.5) is 13.2 Å². The normalized spacial score (nSPS) is 12.0. The van der Waals surface area contributed by atoms with Gasteiger partial charge in [0.25, 0.3) is 0 Å². The number of hydrogen-bond acceptors (Lipinski definition) is 4. The molecule has 0 unspecified atom stereocenters. The first-order chi connectivity index (χ1) is 10.8. The van der Waals surface area contributed by atoms with E-state index in [2.05, 4.69) is 30.8 Å². The van der Waals surface area contributed by atoms with Crippen molar-refractivity contribution in [2.75, 3.05) is 7.05 Å². The van der Waals surface area contributed by atoms with Gasteiger partial charge in [-0.2, -0.15) is 23.4 Å². The molecule has 0 atom stereocenters. The fourth-order valence-corrected chi connectivity index (χ4v) is 1.95. The minimum absolute atomic E-state index is 0. The monoisotopic (exact) mass is 458 g/mol. The van der Waals surface area contributed by atoms with Crippen molar-refractivity contribution in [3.05, 3.63) is 29.6 Å². The van der Waals surface area contributed by atoms with E-state index < -0.39 is 11.9 Å². The number of rotatable bonds is 4. The van der Waals surface area contributed by atoms with Gasteiger partial charge >= 0.3 is 6.18 Å². The lowest BCUT2D eigenvalue weighted by Crippen LogP contribution is -2.37. The van der Waals surface area contributed by atoms with Crippen molar-refractivity contribution in [2.24, 2.45) is 19.1 Å². The third-order valence-electron chi connectivity index (χ3n) is 3.06. The largest absolute Gasteiger partial charge is 0.435 e. The summed E-state index contributed by atoms with van der Waals surface area (Å²) in [5, 5.41) is 13.2. The SMILES string of the molecule is CN=C(NCc1cn(C)nc1C(F)(F)F)NCc1ncnn1C.I. The van der Waals surface area contributed by atoms with Crippen LogP contribution in [0.1, 0.15) is 17.1 Å². The van der Waals surface area contributed by atoms with E-state index in [0.717, 1.165) is 4.68 Å². The van der Waals surface area contributed by atoms with Crippen molar-refractivity contribution in [1.29, 1.82) is 0 Å². The lowest BCUT2D eigenvalue weighted by molar-refractivity contribution is -0.142. The molecule has 0 saturated carbocycles. The molecule has 2 aromatic heterocycles. The third-order valence-corrected chi connectivity index (χ3v) is 3.06. The first-order valence-corrected chi connectivity index (χ1v) is 6.68. The van der Waals surface area contributed by atoms with Crippen LogP contribution in [0.25, 0.3) is 0 Å². The molecule has 2 heterocycles. The van der Waals surface area contributed by atoms with E-state index in [1.165, 1.54) is 26.6 Å². The van der Waals surface area contributed by atoms with Crippen LogP contribution in [0.2, 0.25) is 0 Å². The molecule has 2 rings (SSSR count). The second-order valence-corrected chi connectivity index (χ2v) is 4.75. The molecule has 2 aromatic rings. The molecule has 0 bridgehead atoms. The van der Waals surface area contributed by atoms with Crippen LogP contribution in [0.3, 0.4) is 0 Å². The van der Waals surface area contributed by atoms with E-state index >= 15 is 0 Å². The number of nitrogens with zero attached hydrogens (tertiary/aromatic N) is 6. The van der Waals surface area contributed by atoms with Crippen LogP contribution in [0.15, 0.2) is 17.5 Å². The zero-order valence-electron chi connectivity index (χ0n) is 13.3. The summed E-state index contributed by atoms with van der Waals surface area (Å²) >= 11 is 0. The zero-order valence-corrected chi connectivity index (χ0v) is 15.6. The maximum atomic E-state index is 12.9. The molecule has 8 nitrogen and oxygen atoms in total. The molecule has 0 aliphatic rings. The van der Waals surface area contributed by atoms with Crippen LogP contribution in [0.5, 0.6) is 0 Å². The first-order valence-electron chi connectivity index (χ1n) is 6.68. The van der Waals surface area contributed by atoms with Gasteiger partial charge in [0.05, 0.1) is 6.54 Å². The Bertz CT molecular complexity index is 691. The highest BCUT2D eigenvalue weighted by molar-refractivity contribution is 14.0. The fourth-order valence-electron chi connectivity index (χ4n) is 1.95. The Morgan fingerprint density at radius 1 is 1.25 bits per heavy atom. The number of hydrogen-bond donors (Lipinski definition) is 2. The fraction of sp³-hybridized carbons (Fsp3) is 0.500. The average molecular weight is 458 g/mol. The van der Waals surface area contributed by atoms with E-state index in [4.69, 9.17) is 0 Å². The molecule has 0 aliphatic heterocycles. The van der Waals surface area contributed by atoms with Gasteiger partial charge in [-0.15, -0.1) is 24.0 Å². The van der Waals surface area contributed by atoms with Gasteiger partial charge in [-0.1, -0.05) is 0 Å². The summed E-state index contributed by atoms with van der Waals surface area (Å²) in [7, 11) is 4.71. The number of guanidine groups is 1. The molecular formula is C12H18F3IN8. The van der Waals surface area contributed by atoms with Crippen molar-refractivity contribution in [2.45, 2.75) is 19.3 Å². The summed E-state index contributed by atoms with van der Waals surface area (Å²) in [6.07, 6.45) is -1.75. The molecule has 24 heavy (non-hydrogen) atoms. The van der Waals surface area contributed by atoms with Gasteiger partial charge in [0, 0.05) is 39.4 Å². The molecule has 0 radical (unpaired) electrons. The summed E-state index contributed by atoms with van der Waals surface area (Å²) in [5.41, 5.74) is -0.863. The minimum atomic E-state index is -4.49. The predicted octanol–water partition coefficient (Wildman–Crippen LogP) is 1.05. The lowest BCUT2D eigenvalue weighted by Gasteiger charge is -2.12. The van der Waals surface area contributed by atoms with Crippen LogP contribution < -0.4 is 10.6 Å². The number of aliphatic imine (C=N–C) groups is 1. The predicted molar refractivity (Wildman–Crippen MR) is 91.7 cm³/mol. The van der Waals surface area contributed by atoms with Crippen molar-refractivity contribution in [1.82, 2.24) is 35.2 Å². The number of aryl methyl sites for hydroxylation is 2. The van der Waals surface area contributed by atoms with Gasteiger partial charge in [-0.05, 0) is 0 Å². The van der Waals surface area contributed by atoms with Gasteiger partial charge in [-0.25, -0.2) is 4.98 Å². The van der Waals surface area contributed by atoms with Crippen molar-refractivity contribution >= 4 is 29.9 Å². The Labute approximate surface area is 153 Å². The van der Waals surface area contributed by atoms with Gasteiger partial charge in [-0.3, -0.25) is 14.4 Å². The molecule has 0 spiro atoms. The van der Waals surface area contributed by atoms with Gasteiger partial charge in [0.15, 0.2) is 11.7 Å². The number of halogens is 4.